The second-order valence-electron chi connectivity index (χ2n) is 5.39. The third-order valence-electron chi connectivity index (χ3n) is 3.34. The Morgan fingerprint density at radius 2 is 2.11 bits per heavy atom. The van der Waals surface area contributed by atoms with Crippen LogP contribution in [0.3, 0.4) is 0 Å². The molecule has 0 saturated carbocycles. The summed E-state index contributed by atoms with van der Waals surface area (Å²) in [6.45, 7) is 4.98. The Morgan fingerprint density at radius 1 is 1.32 bits per heavy atom. The number of nitrogens with one attached hydrogen (secondary N) is 2. The molecule has 0 saturated heterocycles. The fraction of sp³-hybridized carbons (Fsp3) is 0.438. The molecule has 0 aliphatic carbocycles. The van der Waals surface area contributed by atoms with Crippen molar-refractivity contribution in [3.63, 3.8) is 0 Å². The standard InChI is InChI=1S/C16H22N2O/c1-12(2)7-8-16(19)17-10-9-13-11-18-15-6-4-3-5-14(13)15/h3-6,11-12,18H,7-10H2,1-2H3,(H,17,19). The zero-order valence-electron chi connectivity index (χ0n) is 11.7. The van der Waals surface area contributed by atoms with Crippen LogP contribution >= 0.6 is 0 Å². The molecule has 0 fully saturated rings. The van der Waals surface area contributed by atoms with Crippen LogP contribution in [0.4, 0.5) is 0 Å². The Bertz CT molecular complexity index is 542. The average Bonchev–Trinajstić information content (AvgIpc) is 2.80. The van der Waals surface area contributed by atoms with Crippen LogP contribution in [0.25, 0.3) is 10.9 Å². The lowest BCUT2D eigenvalue weighted by Gasteiger charge is -2.06. The number of carbonyl (C=O) groups excluding carboxylic acids is 1. The summed E-state index contributed by atoms with van der Waals surface area (Å²) < 4.78 is 0. The first-order chi connectivity index (χ1) is 9.16. The summed E-state index contributed by atoms with van der Waals surface area (Å²) in [5, 5.41) is 4.24. The average molecular weight is 258 g/mol. The van der Waals surface area contributed by atoms with E-state index in [4.69, 9.17) is 0 Å². The minimum Gasteiger partial charge on any atom is -0.361 e. The van der Waals surface area contributed by atoms with Crippen LogP contribution in [0, 0.1) is 5.92 Å². The number of hydrogen-bond donors (Lipinski definition) is 2. The van der Waals surface area contributed by atoms with Gasteiger partial charge in [0, 0.05) is 30.1 Å². The summed E-state index contributed by atoms with van der Waals surface area (Å²) in [7, 11) is 0. The lowest BCUT2D eigenvalue weighted by Crippen LogP contribution is -2.25. The highest BCUT2D eigenvalue weighted by Gasteiger charge is 2.05. The lowest BCUT2D eigenvalue weighted by molar-refractivity contribution is -0.121. The van der Waals surface area contributed by atoms with Gasteiger partial charge in [0.15, 0.2) is 0 Å². The maximum atomic E-state index is 11.6. The van der Waals surface area contributed by atoms with E-state index in [1.54, 1.807) is 0 Å². The molecular weight excluding hydrogens is 236 g/mol. The van der Waals surface area contributed by atoms with E-state index < -0.39 is 0 Å². The van der Waals surface area contributed by atoms with Crippen LogP contribution in [0.1, 0.15) is 32.3 Å². The highest BCUT2D eigenvalue weighted by molar-refractivity contribution is 5.83. The van der Waals surface area contributed by atoms with Crippen LogP contribution in [0.5, 0.6) is 0 Å². The molecule has 0 aliphatic rings. The molecule has 3 heteroatoms. The van der Waals surface area contributed by atoms with Crippen molar-refractivity contribution in [1.82, 2.24) is 10.3 Å². The first-order valence-electron chi connectivity index (χ1n) is 6.98. The smallest absolute Gasteiger partial charge is 0.220 e. The molecule has 0 bridgehead atoms. The van der Waals surface area contributed by atoms with Gasteiger partial charge in [0.2, 0.25) is 5.91 Å². The van der Waals surface area contributed by atoms with E-state index in [1.165, 1.54) is 10.9 Å². The molecule has 19 heavy (non-hydrogen) atoms. The van der Waals surface area contributed by atoms with Crippen molar-refractivity contribution in [1.29, 1.82) is 0 Å². The largest absolute Gasteiger partial charge is 0.361 e. The van der Waals surface area contributed by atoms with Gasteiger partial charge >= 0.3 is 0 Å². The maximum Gasteiger partial charge on any atom is 0.220 e. The molecule has 2 N–H and O–H groups in total. The second kappa shape index (κ2) is 6.41. The molecule has 0 radical (unpaired) electrons. The fourth-order valence-corrected chi connectivity index (χ4v) is 2.18. The highest BCUT2D eigenvalue weighted by Crippen LogP contribution is 2.17. The van der Waals surface area contributed by atoms with Crippen molar-refractivity contribution in [3.05, 3.63) is 36.0 Å². The van der Waals surface area contributed by atoms with Gasteiger partial charge in [0.05, 0.1) is 0 Å². The number of fused-ring (bicyclic) bond motifs is 1. The van der Waals surface area contributed by atoms with E-state index in [-0.39, 0.29) is 5.91 Å². The molecule has 3 nitrogen and oxygen atoms in total. The Kier molecular flexibility index (Phi) is 4.61. The van der Waals surface area contributed by atoms with Gasteiger partial charge in [-0.3, -0.25) is 4.79 Å². The van der Waals surface area contributed by atoms with E-state index in [2.05, 4.69) is 36.3 Å². The zero-order chi connectivity index (χ0) is 13.7. The summed E-state index contributed by atoms with van der Waals surface area (Å²) in [5.74, 6) is 0.743. The lowest BCUT2D eigenvalue weighted by atomic mass is 10.1. The van der Waals surface area contributed by atoms with Crippen molar-refractivity contribution < 1.29 is 4.79 Å². The molecular formula is C16H22N2O. The van der Waals surface area contributed by atoms with Gasteiger partial charge < -0.3 is 10.3 Å². The van der Waals surface area contributed by atoms with Crippen LogP contribution in [-0.2, 0) is 11.2 Å². The third kappa shape index (κ3) is 3.85. The molecule has 1 amide bonds. The molecule has 2 aromatic rings. The quantitative estimate of drug-likeness (QED) is 0.820. The van der Waals surface area contributed by atoms with Crippen molar-refractivity contribution in [3.8, 4) is 0 Å². The molecule has 0 atom stereocenters. The Morgan fingerprint density at radius 3 is 2.89 bits per heavy atom. The minimum absolute atomic E-state index is 0.161. The monoisotopic (exact) mass is 258 g/mol. The van der Waals surface area contributed by atoms with E-state index in [0.717, 1.165) is 18.4 Å². The highest BCUT2D eigenvalue weighted by atomic mass is 16.1. The van der Waals surface area contributed by atoms with E-state index in [9.17, 15) is 4.79 Å². The summed E-state index contributed by atoms with van der Waals surface area (Å²) in [6, 6.07) is 8.25. The summed E-state index contributed by atoms with van der Waals surface area (Å²) in [6.07, 6.45) is 4.49. The predicted octanol–water partition coefficient (Wildman–Crippen LogP) is 3.26. The van der Waals surface area contributed by atoms with E-state index >= 15 is 0 Å². The first-order valence-corrected chi connectivity index (χ1v) is 6.98. The number of rotatable bonds is 6. The van der Waals surface area contributed by atoms with Gasteiger partial charge in [-0.05, 0) is 30.4 Å². The first kappa shape index (κ1) is 13.7. The molecule has 102 valence electrons. The second-order valence-corrected chi connectivity index (χ2v) is 5.39. The molecule has 1 aromatic heterocycles. The third-order valence-corrected chi connectivity index (χ3v) is 3.34. The number of aromatic nitrogens is 1. The van der Waals surface area contributed by atoms with Crippen LogP contribution in [-0.4, -0.2) is 17.4 Å². The van der Waals surface area contributed by atoms with Crippen molar-refractivity contribution in [2.45, 2.75) is 33.1 Å². The van der Waals surface area contributed by atoms with Crippen LogP contribution in [0.2, 0.25) is 0 Å². The van der Waals surface area contributed by atoms with Crippen LogP contribution < -0.4 is 5.32 Å². The van der Waals surface area contributed by atoms with Crippen molar-refractivity contribution in [2.24, 2.45) is 5.92 Å². The van der Waals surface area contributed by atoms with Gasteiger partial charge in [0.1, 0.15) is 0 Å². The normalized spacial score (nSPS) is 11.1. The van der Waals surface area contributed by atoms with E-state index in [0.29, 0.717) is 18.9 Å². The molecule has 1 aromatic carbocycles. The molecule has 0 spiro atoms. The number of H-pyrrole nitrogens is 1. The Labute approximate surface area is 114 Å². The van der Waals surface area contributed by atoms with E-state index in [1.807, 2.05) is 18.3 Å². The molecule has 0 unspecified atom stereocenters. The van der Waals surface area contributed by atoms with Gasteiger partial charge in [-0.15, -0.1) is 0 Å². The Balaban J connectivity index is 1.81. The van der Waals surface area contributed by atoms with Gasteiger partial charge in [-0.1, -0.05) is 32.0 Å². The SMILES string of the molecule is CC(C)CCC(=O)NCCc1c[nH]c2ccccc12. The molecule has 2 rings (SSSR count). The van der Waals surface area contributed by atoms with Crippen molar-refractivity contribution in [2.75, 3.05) is 6.54 Å². The number of hydrogen-bond acceptors (Lipinski definition) is 1. The zero-order valence-corrected chi connectivity index (χ0v) is 11.7. The summed E-state index contributed by atoms with van der Waals surface area (Å²) in [5.41, 5.74) is 2.42. The Hall–Kier alpha value is -1.77. The van der Waals surface area contributed by atoms with Gasteiger partial charge in [-0.2, -0.15) is 0 Å². The minimum atomic E-state index is 0.161. The van der Waals surface area contributed by atoms with Gasteiger partial charge in [0.25, 0.3) is 0 Å². The van der Waals surface area contributed by atoms with Crippen molar-refractivity contribution >= 4 is 16.8 Å². The number of carbonyl (C=O) groups is 1. The fourth-order valence-electron chi connectivity index (χ4n) is 2.18. The number of amides is 1. The topological polar surface area (TPSA) is 44.9 Å². The predicted molar refractivity (Wildman–Crippen MR) is 79.1 cm³/mol. The summed E-state index contributed by atoms with van der Waals surface area (Å²) in [4.78, 5) is 14.9. The van der Waals surface area contributed by atoms with Gasteiger partial charge in [-0.25, -0.2) is 0 Å². The number of aromatic amines is 1. The maximum absolute atomic E-state index is 11.6. The molecule has 1 heterocycles. The number of para-hydroxylation sites is 1. The summed E-state index contributed by atoms with van der Waals surface area (Å²) >= 11 is 0. The number of benzene rings is 1. The van der Waals surface area contributed by atoms with Crippen LogP contribution in [0.15, 0.2) is 30.5 Å². The molecule has 0 aliphatic heterocycles.